The molecule has 8 heteroatoms. The van der Waals surface area contributed by atoms with Crippen molar-refractivity contribution in [3.8, 4) is 5.75 Å². The molecule has 1 saturated carbocycles. The summed E-state index contributed by atoms with van der Waals surface area (Å²) >= 11 is 0. The molecule has 0 amide bonds. The SMILES string of the molecule is COc1ccc2[nH]c(=O)c(C(c3nnnn3C3CCCCC3)N3c4ccccc4CC3C)cc2c1. The summed E-state index contributed by atoms with van der Waals surface area (Å²) in [6, 6.07) is 16.1. The molecule has 1 aliphatic carbocycles. The van der Waals surface area contributed by atoms with Crippen LogP contribution in [0.25, 0.3) is 10.9 Å². The zero-order valence-corrected chi connectivity index (χ0v) is 20.1. The summed E-state index contributed by atoms with van der Waals surface area (Å²) in [6.07, 6.45) is 6.63. The van der Waals surface area contributed by atoms with Gasteiger partial charge in [0.1, 0.15) is 11.8 Å². The average Bonchev–Trinajstić information content (AvgIpc) is 3.50. The summed E-state index contributed by atoms with van der Waals surface area (Å²) in [4.78, 5) is 19.0. The number of pyridine rings is 1. The van der Waals surface area contributed by atoms with Gasteiger partial charge in [-0.2, -0.15) is 0 Å². The molecule has 6 rings (SSSR count). The second kappa shape index (κ2) is 8.83. The number of hydrogen-bond acceptors (Lipinski definition) is 6. The lowest BCUT2D eigenvalue weighted by molar-refractivity contribution is 0.312. The van der Waals surface area contributed by atoms with Crippen LogP contribution >= 0.6 is 0 Å². The number of benzene rings is 2. The van der Waals surface area contributed by atoms with Crippen LogP contribution in [0.15, 0.2) is 53.3 Å². The number of para-hydroxylation sites is 1. The molecule has 3 heterocycles. The molecule has 1 N–H and O–H groups in total. The summed E-state index contributed by atoms with van der Waals surface area (Å²) in [5.74, 6) is 1.48. The Hall–Kier alpha value is -3.68. The van der Waals surface area contributed by atoms with Crippen LogP contribution in [0.3, 0.4) is 0 Å². The Morgan fingerprint density at radius 2 is 1.91 bits per heavy atom. The number of rotatable bonds is 5. The van der Waals surface area contributed by atoms with E-state index in [0.717, 1.165) is 47.4 Å². The van der Waals surface area contributed by atoms with E-state index in [-0.39, 0.29) is 17.6 Å². The lowest BCUT2D eigenvalue weighted by Gasteiger charge is -2.34. The predicted octanol–water partition coefficient (Wildman–Crippen LogP) is 4.57. The van der Waals surface area contributed by atoms with Crippen LogP contribution in [0.1, 0.15) is 68.1 Å². The van der Waals surface area contributed by atoms with E-state index in [2.05, 4.69) is 56.6 Å². The van der Waals surface area contributed by atoms with Gasteiger partial charge in [-0.25, -0.2) is 4.68 Å². The molecule has 8 nitrogen and oxygen atoms in total. The first-order valence-corrected chi connectivity index (χ1v) is 12.5. The highest BCUT2D eigenvalue weighted by molar-refractivity contribution is 5.81. The van der Waals surface area contributed by atoms with Gasteiger partial charge < -0.3 is 14.6 Å². The van der Waals surface area contributed by atoms with Gasteiger partial charge in [0.25, 0.3) is 5.56 Å². The third kappa shape index (κ3) is 3.77. The molecule has 0 saturated heterocycles. The number of H-pyrrole nitrogens is 1. The highest BCUT2D eigenvalue weighted by Crippen LogP contribution is 2.42. The van der Waals surface area contributed by atoms with Crippen LogP contribution in [0.5, 0.6) is 5.75 Å². The zero-order chi connectivity index (χ0) is 23.9. The van der Waals surface area contributed by atoms with Crippen molar-refractivity contribution in [1.29, 1.82) is 0 Å². The van der Waals surface area contributed by atoms with Crippen LogP contribution in [0, 0.1) is 0 Å². The summed E-state index contributed by atoms with van der Waals surface area (Å²) in [7, 11) is 1.65. The number of nitrogens with zero attached hydrogens (tertiary/aromatic N) is 5. The van der Waals surface area contributed by atoms with Crippen LogP contribution < -0.4 is 15.2 Å². The maximum Gasteiger partial charge on any atom is 0.254 e. The van der Waals surface area contributed by atoms with Crippen molar-refractivity contribution < 1.29 is 4.74 Å². The van der Waals surface area contributed by atoms with Crippen LogP contribution in [0.4, 0.5) is 5.69 Å². The Bertz CT molecular complexity index is 1420. The Kier molecular flexibility index (Phi) is 5.51. The number of aromatic nitrogens is 5. The van der Waals surface area contributed by atoms with E-state index < -0.39 is 6.04 Å². The first-order chi connectivity index (χ1) is 17.1. The fourth-order valence-corrected chi connectivity index (χ4v) is 5.89. The van der Waals surface area contributed by atoms with Crippen LogP contribution in [-0.2, 0) is 6.42 Å². The van der Waals surface area contributed by atoms with Gasteiger partial charge in [-0.05, 0) is 72.5 Å². The summed E-state index contributed by atoms with van der Waals surface area (Å²) in [5, 5.41) is 14.0. The lowest BCUT2D eigenvalue weighted by Crippen LogP contribution is -2.39. The van der Waals surface area contributed by atoms with Gasteiger partial charge in [0.15, 0.2) is 5.82 Å². The number of methoxy groups -OCH3 is 1. The monoisotopic (exact) mass is 470 g/mol. The molecule has 2 aromatic carbocycles. The largest absolute Gasteiger partial charge is 0.497 e. The van der Waals surface area contributed by atoms with Crippen LogP contribution in [0.2, 0.25) is 0 Å². The fraction of sp³-hybridized carbons (Fsp3) is 0.407. The van der Waals surface area contributed by atoms with Crippen molar-refractivity contribution in [2.75, 3.05) is 12.0 Å². The molecule has 35 heavy (non-hydrogen) atoms. The molecule has 0 bridgehead atoms. The van der Waals surface area contributed by atoms with Gasteiger partial charge in [-0.15, -0.1) is 5.10 Å². The molecule has 1 fully saturated rings. The van der Waals surface area contributed by atoms with Gasteiger partial charge >= 0.3 is 0 Å². The topological polar surface area (TPSA) is 88.9 Å². The quantitative estimate of drug-likeness (QED) is 0.460. The first kappa shape index (κ1) is 21.8. The normalized spacial score (nSPS) is 19.1. The molecule has 0 spiro atoms. The molecule has 2 unspecified atom stereocenters. The van der Waals surface area contributed by atoms with Crippen molar-refractivity contribution >= 4 is 16.6 Å². The standard InChI is InChI=1S/C27H30N6O2/c1-17-14-18-8-6-7-11-24(18)32(17)25(26-29-30-31-33(26)20-9-4-3-5-10-20)22-16-19-15-21(35-2)12-13-23(19)28-27(22)34/h6-8,11-13,15-17,20,25H,3-5,9-10,14H2,1-2H3,(H,28,34). The van der Waals surface area contributed by atoms with Gasteiger partial charge in [0.05, 0.1) is 13.2 Å². The number of tetrazole rings is 1. The Morgan fingerprint density at radius 3 is 2.74 bits per heavy atom. The van der Waals surface area contributed by atoms with Crippen molar-refractivity contribution in [2.24, 2.45) is 0 Å². The lowest BCUT2D eigenvalue weighted by atomic mass is 9.95. The predicted molar refractivity (Wildman–Crippen MR) is 135 cm³/mol. The Balaban J connectivity index is 1.56. The minimum Gasteiger partial charge on any atom is -0.497 e. The third-order valence-electron chi connectivity index (χ3n) is 7.60. The molecular weight excluding hydrogens is 440 g/mol. The van der Waals surface area contributed by atoms with Crippen molar-refractivity contribution in [1.82, 2.24) is 25.2 Å². The number of aromatic amines is 1. The molecule has 2 aliphatic rings. The number of nitrogens with one attached hydrogen (secondary N) is 1. The van der Waals surface area contributed by atoms with Crippen molar-refractivity contribution in [3.63, 3.8) is 0 Å². The second-order valence-electron chi connectivity index (χ2n) is 9.77. The van der Waals surface area contributed by atoms with Gasteiger partial charge in [0, 0.05) is 28.2 Å². The van der Waals surface area contributed by atoms with E-state index in [1.807, 2.05) is 28.9 Å². The summed E-state index contributed by atoms with van der Waals surface area (Å²) in [6.45, 7) is 2.21. The maximum absolute atomic E-state index is 13.6. The third-order valence-corrected chi connectivity index (χ3v) is 7.60. The van der Waals surface area contributed by atoms with E-state index in [4.69, 9.17) is 4.74 Å². The van der Waals surface area contributed by atoms with E-state index in [1.54, 1.807) is 7.11 Å². The minimum absolute atomic E-state index is 0.123. The fourth-order valence-electron chi connectivity index (χ4n) is 5.89. The average molecular weight is 471 g/mol. The zero-order valence-electron chi connectivity index (χ0n) is 20.1. The second-order valence-corrected chi connectivity index (χ2v) is 9.77. The molecule has 2 atom stereocenters. The van der Waals surface area contributed by atoms with E-state index >= 15 is 0 Å². The Morgan fingerprint density at radius 1 is 1.09 bits per heavy atom. The number of hydrogen-bond donors (Lipinski definition) is 1. The van der Waals surface area contributed by atoms with E-state index in [0.29, 0.717) is 5.56 Å². The summed E-state index contributed by atoms with van der Waals surface area (Å²) < 4.78 is 7.44. The minimum atomic E-state index is -0.412. The Labute approximate surface area is 203 Å². The first-order valence-electron chi connectivity index (χ1n) is 12.5. The molecule has 0 radical (unpaired) electrons. The molecule has 4 aromatic rings. The highest BCUT2D eigenvalue weighted by Gasteiger charge is 2.38. The maximum atomic E-state index is 13.6. The van der Waals surface area contributed by atoms with E-state index in [1.165, 1.54) is 24.8 Å². The number of ether oxygens (including phenoxy) is 1. The molecule has 2 aromatic heterocycles. The smallest absolute Gasteiger partial charge is 0.254 e. The highest BCUT2D eigenvalue weighted by atomic mass is 16.5. The van der Waals surface area contributed by atoms with Crippen molar-refractivity contribution in [3.05, 3.63) is 75.8 Å². The number of anilines is 1. The van der Waals surface area contributed by atoms with Gasteiger partial charge in [0.2, 0.25) is 0 Å². The van der Waals surface area contributed by atoms with Gasteiger partial charge in [-0.1, -0.05) is 37.5 Å². The van der Waals surface area contributed by atoms with E-state index in [9.17, 15) is 4.79 Å². The molecule has 180 valence electrons. The van der Waals surface area contributed by atoms with Gasteiger partial charge in [-0.3, -0.25) is 4.79 Å². The summed E-state index contributed by atoms with van der Waals surface area (Å²) in [5.41, 5.74) is 3.71. The van der Waals surface area contributed by atoms with Crippen molar-refractivity contribution in [2.45, 2.75) is 63.6 Å². The molecule has 1 aliphatic heterocycles. The van der Waals surface area contributed by atoms with Crippen LogP contribution in [-0.4, -0.2) is 38.3 Å². The number of fused-ring (bicyclic) bond motifs is 2. The molecular formula is C27H30N6O2.